The van der Waals surface area contributed by atoms with Crippen molar-refractivity contribution in [1.82, 2.24) is 10.2 Å². The van der Waals surface area contributed by atoms with E-state index < -0.39 is 46.8 Å². The van der Waals surface area contributed by atoms with Crippen LogP contribution in [0.25, 0.3) is 11.1 Å². The number of ether oxygens (including phenoxy) is 2. The molecule has 11 heteroatoms. The molecule has 0 spiro atoms. The van der Waals surface area contributed by atoms with Gasteiger partial charge in [0.15, 0.2) is 29.6 Å². The van der Waals surface area contributed by atoms with E-state index in [9.17, 15) is 31.9 Å². The first-order valence-corrected chi connectivity index (χ1v) is 18.9. The van der Waals surface area contributed by atoms with Gasteiger partial charge in [0.2, 0.25) is 5.82 Å². The molecule has 298 valence electrons. The zero-order chi connectivity index (χ0) is 40.8. The van der Waals surface area contributed by atoms with E-state index in [4.69, 9.17) is 9.47 Å². The Hall–Kier alpha value is -5.72. The molecule has 2 N–H and O–H groups in total. The molecule has 6 aromatic carbocycles. The third-order valence-corrected chi connectivity index (χ3v) is 10.4. The van der Waals surface area contributed by atoms with E-state index in [1.165, 1.54) is 11.1 Å². The second-order valence-corrected chi connectivity index (χ2v) is 14.4. The standard InChI is InChI=1S/C47H41F5N2O4/c1-29-38(27-54(25-30-10-4-2-5-11-30)26-31-12-6-3-7-13-31)57-47(58-45(29)34-18-16-32(28-55)17-19-34)35-22-20-33(21-23-35)37-15-9-8-14-36(37)24-53-46(56)39-40(48)42(50)44(52)43(51)41(39)49/h2-23,29,38,45,47,55H,24-28H2,1H3,(H,53,56)/t29-,38+,45+,47+/m0/s1. The van der Waals surface area contributed by atoms with E-state index in [0.717, 1.165) is 22.3 Å². The monoisotopic (exact) mass is 792 g/mol. The van der Waals surface area contributed by atoms with Crippen molar-refractivity contribution in [2.75, 3.05) is 6.54 Å². The lowest BCUT2D eigenvalue weighted by Crippen LogP contribution is -2.44. The molecule has 7 rings (SSSR count). The fraction of sp³-hybridized carbons (Fsp3) is 0.213. The van der Waals surface area contributed by atoms with Crippen molar-refractivity contribution in [3.63, 3.8) is 0 Å². The smallest absolute Gasteiger partial charge is 0.257 e. The molecule has 1 amide bonds. The first kappa shape index (κ1) is 40.5. The van der Waals surface area contributed by atoms with Crippen molar-refractivity contribution >= 4 is 5.91 Å². The van der Waals surface area contributed by atoms with Gasteiger partial charge >= 0.3 is 0 Å². The maximum Gasteiger partial charge on any atom is 0.257 e. The largest absolute Gasteiger partial charge is 0.392 e. The number of carbonyl (C=O) groups is 1. The third-order valence-electron chi connectivity index (χ3n) is 10.4. The van der Waals surface area contributed by atoms with Gasteiger partial charge in [0.05, 0.1) is 18.8 Å². The number of aliphatic hydroxyl groups excluding tert-OH is 1. The second-order valence-electron chi connectivity index (χ2n) is 14.4. The Kier molecular flexibility index (Phi) is 12.7. The molecule has 1 saturated heterocycles. The number of rotatable bonds is 13. The van der Waals surface area contributed by atoms with Gasteiger partial charge in [-0.25, -0.2) is 22.0 Å². The van der Waals surface area contributed by atoms with Crippen molar-refractivity contribution < 1.29 is 41.3 Å². The average Bonchev–Trinajstić information content (AvgIpc) is 3.26. The quantitative estimate of drug-likeness (QED) is 0.0693. The van der Waals surface area contributed by atoms with Crippen molar-refractivity contribution in [2.24, 2.45) is 5.92 Å². The first-order valence-electron chi connectivity index (χ1n) is 18.9. The fourth-order valence-electron chi connectivity index (χ4n) is 7.29. The highest BCUT2D eigenvalue weighted by atomic mass is 19.2. The molecule has 0 aliphatic carbocycles. The predicted molar refractivity (Wildman–Crippen MR) is 209 cm³/mol. The van der Waals surface area contributed by atoms with Crippen LogP contribution >= 0.6 is 0 Å². The van der Waals surface area contributed by atoms with Crippen LogP contribution in [0, 0.1) is 35.0 Å². The minimum atomic E-state index is -2.34. The van der Waals surface area contributed by atoms with Gasteiger partial charge in [-0.15, -0.1) is 0 Å². The number of carbonyl (C=O) groups excluding carboxylic acids is 1. The lowest BCUT2D eigenvalue weighted by atomic mass is 9.89. The van der Waals surface area contributed by atoms with E-state index in [-0.39, 0.29) is 31.3 Å². The number of benzene rings is 6. The van der Waals surface area contributed by atoms with Gasteiger partial charge < -0.3 is 19.9 Å². The van der Waals surface area contributed by atoms with Crippen LogP contribution in [0.3, 0.4) is 0 Å². The van der Waals surface area contributed by atoms with Crippen LogP contribution in [-0.4, -0.2) is 28.6 Å². The summed E-state index contributed by atoms with van der Waals surface area (Å²) < 4.78 is 83.4. The minimum absolute atomic E-state index is 0.0588. The maximum atomic E-state index is 14.3. The summed E-state index contributed by atoms with van der Waals surface area (Å²) in [6.45, 7) is 3.82. The molecular formula is C47H41F5N2O4. The Morgan fingerprint density at radius 1 is 0.638 bits per heavy atom. The van der Waals surface area contributed by atoms with Gasteiger partial charge in [0.25, 0.3) is 5.91 Å². The Labute approximate surface area is 333 Å². The van der Waals surface area contributed by atoms with Crippen LogP contribution in [0.15, 0.2) is 133 Å². The van der Waals surface area contributed by atoms with Crippen molar-refractivity contribution in [3.05, 3.63) is 201 Å². The summed E-state index contributed by atoms with van der Waals surface area (Å²) in [5.74, 6) is -12.6. The molecule has 58 heavy (non-hydrogen) atoms. The number of hydrogen-bond donors (Lipinski definition) is 2. The zero-order valence-corrected chi connectivity index (χ0v) is 31.6. The van der Waals surface area contributed by atoms with E-state index in [2.05, 4.69) is 41.4 Å². The molecule has 4 atom stereocenters. The summed E-state index contributed by atoms with van der Waals surface area (Å²) in [4.78, 5) is 15.1. The van der Waals surface area contributed by atoms with Gasteiger partial charge in [-0.1, -0.05) is 140 Å². The average molecular weight is 793 g/mol. The van der Waals surface area contributed by atoms with Gasteiger partial charge in [0, 0.05) is 37.7 Å². The van der Waals surface area contributed by atoms with Crippen LogP contribution in [0.4, 0.5) is 22.0 Å². The molecule has 1 aliphatic rings. The lowest BCUT2D eigenvalue weighted by Gasteiger charge is -2.43. The number of hydrogen-bond acceptors (Lipinski definition) is 5. The number of amides is 1. The van der Waals surface area contributed by atoms with Gasteiger partial charge in [-0.05, 0) is 38.9 Å². The number of aliphatic hydroxyl groups is 1. The Balaban J connectivity index is 1.14. The van der Waals surface area contributed by atoms with Gasteiger partial charge in [-0.3, -0.25) is 9.69 Å². The predicted octanol–water partition coefficient (Wildman–Crippen LogP) is 9.97. The number of nitrogens with zero attached hydrogens (tertiary/aromatic N) is 1. The summed E-state index contributed by atoms with van der Waals surface area (Å²) in [5, 5.41) is 12.0. The molecule has 6 nitrogen and oxygen atoms in total. The fourth-order valence-corrected chi connectivity index (χ4v) is 7.29. The van der Waals surface area contributed by atoms with Crippen LogP contribution in [0.1, 0.15) is 63.1 Å². The minimum Gasteiger partial charge on any atom is -0.392 e. The zero-order valence-electron chi connectivity index (χ0n) is 31.6. The molecule has 0 saturated carbocycles. The number of nitrogens with one attached hydrogen (secondary N) is 1. The Morgan fingerprint density at radius 2 is 1.17 bits per heavy atom. The molecule has 0 aromatic heterocycles. The normalized spacial score (nSPS) is 18.0. The van der Waals surface area contributed by atoms with Crippen molar-refractivity contribution in [3.8, 4) is 11.1 Å². The molecule has 1 fully saturated rings. The summed E-state index contributed by atoms with van der Waals surface area (Å²) in [5.41, 5.74) is 5.26. The maximum absolute atomic E-state index is 14.3. The molecule has 6 aromatic rings. The highest BCUT2D eigenvalue weighted by Gasteiger charge is 2.39. The van der Waals surface area contributed by atoms with Crippen LogP contribution in [0.2, 0.25) is 0 Å². The molecule has 0 bridgehead atoms. The van der Waals surface area contributed by atoms with E-state index in [1.807, 2.05) is 84.9 Å². The Morgan fingerprint density at radius 3 is 1.76 bits per heavy atom. The summed E-state index contributed by atoms with van der Waals surface area (Å²) in [6.07, 6.45) is -1.34. The van der Waals surface area contributed by atoms with E-state index >= 15 is 0 Å². The SMILES string of the molecule is C[C@H]1[C@@H](CN(Cc2ccccc2)Cc2ccccc2)O[C@@H](c2ccc(-c3ccccc3CNC(=O)c3c(F)c(F)c(F)c(F)c3F)cc2)O[C@H]1c1ccc(CO)cc1. The van der Waals surface area contributed by atoms with E-state index in [1.54, 1.807) is 24.3 Å². The molecule has 1 aliphatic heterocycles. The van der Waals surface area contributed by atoms with Gasteiger partial charge in [0.1, 0.15) is 5.56 Å². The topological polar surface area (TPSA) is 71.0 Å². The van der Waals surface area contributed by atoms with Crippen LogP contribution in [0.5, 0.6) is 0 Å². The summed E-state index contributed by atoms with van der Waals surface area (Å²) in [6, 6.07) is 42.8. The molecule has 1 heterocycles. The lowest BCUT2D eigenvalue weighted by molar-refractivity contribution is -0.276. The van der Waals surface area contributed by atoms with Gasteiger partial charge in [-0.2, -0.15) is 0 Å². The summed E-state index contributed by atoms with van der Waals surface area (Å²) in [7, 11) is 0. The Bertz CT molecular complexity index is 2260. The molecule has 0 unspecified atom stereocenters. The molecular weight excluding hydrogens is 752 g/mol. The second kappa shape index (κ2) is 18.3. The highest BCUT2D eigenvalue weighted by molar-refractivity contribution is 5.95. The summed E-state index contributed by atoms with van der Waals surface area (Å²) >= 11 is 0. The van der Waals surface area contributed by atoms with Crippen molar-refractivity contribution in [2.45, 2.75) is 51.7 Å². The van der Waals surface area contributed by atoms with Crippen molar-refractivity contribution in [1.29, 1.82) is 0 Å². The van der Waals surface area contributed by atoms with E-state index in [0.29, 0.717) is 30.8 Å². The third kappa shape index (κ3) is 9.03. The van der Waals surface area contributed by atoms with Crippen LogP contribution in [-0.2, 0) is 35.7 Å². The first-order chi connectivity index (χ1) is 28.1. The number of halogens is 5. The van der Waals surface area contributed by atoms with Crippen LogP contribution < -0.4 is 5.32 Å². The highest BCUT2D eigenvalue weighted by Crippen LogP contribution is 2.42. The molecule has 0 radical (unpaired) electrons.